The molecule has 4 aromatic rings. The van der Waals surface area contributed by atoms with Gasteiger partial charge in [0.05, 0.1) is 16.1 Å². The molecule has 0 amide bonds. The summed E-state index contributed by atoms with van der Waals surface area (Å²) in [4.78, 5) is 16.0. The third-order valence-electron chi connectivity index (χ3n) is 4.19. The number of hydrogen-bond donors (Lipinski definition) is 1. The second kappa shape index (κ2) is 8.53. The highest BCUT2D eigenvalue weighted by Crippen LogP contribution is 2.30. The first-order valence-electron chi connectivity index (χ1n) is 8.86. The van der Waals surface area contributed by atoms with Crippen LogP contribution in [0.4, 0.5) is 11.4 Å². The van der Waals surface area contributed by atoms with E-state index in [9.17, 15) is 10.1 Å². The monoisotopic (exact) mass is 400 g/mol. The Balaban J connectivity index is 1.72. The first-order chi connectivity index (χ1) is 14.2. The standard InChI is InChI=1S/C22H16N4O2S/c27-26(28)19-13-11-17(12-14-19)22(25-24-18-8-2-1-3-9-18)29-20-10-4-6-16-7-5-15-23-21(16)20/h1-15,24H/b25-22+. The van der Waals surface area contributed by atoms with E-state index >= 15 is 0 Å². The summed E-state index contributed by atoms with van der Waals surface area (Å²) in [6.07, 6.45) is 1.76. The lowest BCUT2D eigenvalue weighted by Gasteiger charge is -2.10. The Morgan fingerprint density at radius 1 is 0.931 bits per heavy atom. The number of rotatable bonds is 5. The van der Waals surface area contributed by atoms with E-state index in [-0.39, 0.29) is 5.69 Å². The molecular weight excluding hydrogens is 384 g/mol. The van der Waals surface area contributed by atoms with Crippen molar-refractivity contribution < 1.29 is 4.92 Å². The van der Waals surface area contributed by atoms with Crippen LogP contribution in [0, 0.1) is 10.1 Å². The van der Waals surface area contributed by atoms with Crippen molar-refractivity contribution in [2.24, 2.45) is 5.10 Å². The number of aromatic nitrogens is 1. The molecule has 1 aromatic heterocycles. The maximum absolute atomic E-state index is 11.0. The predicted octanol–water partition coefficient (Wildman–Crippen LogP) is 5.71. The van der Waals surface area contributed by atoms with E-state index in [4.69, 9.17) is 0 Å². The molecule has 0 saturated heterocycles. The van der Waals surface area contributed by atoms with Crippen LogP contribution in [0.3, 0.4) is 0 Å². The van der Waals surface area contributed by atoms with Gasteiger partial charge in [-0.3, -0.25) is 20.5 Å². The van der Waals surface area contributed by atoms with Crippen LogP contribution in [0.2, 0.25) is 0 Å². The van der Waals surface area contributed by atoms with Crippen molar-refractivity contribution in [2.75, 3.05) is 5.43 Å². The Labute approximate surface area is 171 Å². The molecular formula is C22H16N4O2S. The van der Waals surface area contributed by atoms with Gasteiger partial charge in [-0.25, -0.2) is 0 Å². The molecule has 0 spiro atoms. The van der Waals surface area contributed by atoms with Crippen molar-refractivity contribution in [3.63, 3.8) is 0 Å². The molecule has 1 N–H and O–H groups in total. The van der Waals surface area contributed by atoms with Crippen LogP contribution in [0.5, 0.6) is 0 Å². The van der Waals surface area contributed by atoms with Gasteiger partial charge in [-0.15, -0.1) is 0 Å². The van der Waals surface area contributed by atoms with Gasteiger partial charge in [0.25, 0.3) is 5.69 Å². The van der Waals surface area contributed by atoms with Crippen molar-refractivity contribution >= 4 is 39.1 Å². The smallest absolute Gasteiger partial charge is 0.269 e. The zero-order valence-electron chi connectivity index (χ0n) is 15.2. The Morgan fingerprint density at radius 3 is 2.45 bits per heavy atom. The fraction of sp³-hybridized carbons (Fsp3) is 0. The Kier molecular flexibility index (Phi) is 5.49. The van der Waals surface area contributed by atoms with Gasteiger partial charge < -0.3 is 0 Å². The van der Waals surface area contributed by atoms with E-state index in [1.165, 1.54) is 23.9 Å². The molecule has 142 valence electrons. The van der Waals surface area contributed by atoms with Gasteiger partial charge in [0.1, 0.15) is 5.04 Å². The molecule has 1 heterocycles. The normalized spacial score (nSPS) is 11.4. The molecule has 0 aliphatic carbocycles. The number of nitro groups is 1. The van der Waals surface area contributed by atoms with Crippen LogP contribution in [0.15, 0.2) is 101 Å². The lowest BCUT2D eigenvalue weighted by Crippen LogP contribution is -2.01. The van der Waals surface area contributed by atoms with Gasteiger partial charge in [-0.1, -0.05) is 48.2 Å². The molecule has 0 radical (unpaired) electrons. The number of hydrogen-bond acceptors (Lipinski definition) is 6. The van der Waals surface area contributed by atoms with Crippen LogP contribution in [-0.2, 0) is 0 Å². The highest BCUT2D eigenvalue weighted by Gasteiger charge is 2.12. The van der Waals surface area contributed by atoms with Crippen molar-refractivity contribution in [1.29, 1.82) is 0 Å². The highest BCUT2D eigenvalue weighted by molar-refractivity contribution is 8.14. The van der Waals surface area contributed by atoms with E-state index in [2.05, 4.69) is 15.5 Å². The minimum atomic E-state index is -0.412. The fourth-order valence-corrected chi connectivity index (χ4v) is 3.73. The number of nitrogens with zero attached hydrogens (tertiary/aromatic N) is 3. The number of fused-ring (bicyclic) bond motifs is 1. The van der Waals surface area contributed by atoms with Crippen LogP contribution < -0.4 is 5.43 Å². The second-order valence-electron chi connectivity index (χ2n) is 6.13. The number of nitro benzene ring substituents is 1. The van der Waals surface area contributed by atoms with Crippen molar-refractivity contribution in [3.8, 4) is 0 Å². The van der Waals surface area contributed by atoms with Gasteiger partial charge in [-0.2, -0.15) is 5.10 Å². The summed E-state index contributed by atoms with van der Waals surface area (Å²) in [5, 5.41) is 17.3. The molecule has 4 rings (SSSR count). The van der Waals surface area contributed by atoms with Crippen molar-refractivity contribution in [3.05, 3.63) is 107 Å². The number of anilines is 1. The van der Waals surface area contributed by atoms with Crippen LogP contribution in [0.25, 0.3) is 10.9 Å². The number of para-hydroxylation sites is 2. The van der Waals surface area contributed by atoms with E-state index in [1.807, 2.05) is 60.7 Å². The molecule has 3 aromatic carbocycles. The first-order valence-corrected chi connectivity index (χ1v) is 9.67. The molecule has 0 aliphatic heterocycles. The maximum atomic E-state index is 11.0. The average Bonchev–Trinajstić information content (AvgIpc) is 2.77. The van der Waals surface area contributed by atoms with Gasteiger partial charge in [0.15, 0.2) is 0 Å². The predicted molar refractivity (Wildman–Crippen MR) is 117 cm³/mol. The summed E-state index contributed by atoms with van der Waals surface area (Å²) in [5.41, 5.74) is 5.61. The van der Waals surface area contributed by atoms with Gasteiger partial charge in [0.2, 0.25) is 0 Å². The summed E-state index contributed by atoms with van der Waals surface area (Å²) in [6.45, 7) is 0. The quantitative estimate of drug-likeness (QED) is 0.153. The summed E-state index contributed by atoms with van der Waals surface area (Å²) >= 11 is 1.46. The zero-order valence-corrected chi connectivity index (χ0v) is 16.0. The fourth-order valence-electron chi connectivity index (χ4n) is 2.76. The minimum Gasteiger partial charge on any atom is -0.277 e. The minimum absolute atomic E-state index is 0.0425. The Morgan fingerprint density at radius 2 is 1.69 bits per heavy atom. The van der Waals surface area contributed by atoms with Gasteiger partial charge in [0, 0.05) is 34.2 Å². The molecule has 29 heavy (non-hydrogen) atoms. The topological polar surface area (TPSA) is 80.4 Å². The molecule has 0 bridgehead atoms. The molecule has 0 unspecified atom stereocenters. The summed E-state index contributed by atoms with van der Waals surface area (Å²) in [6, 6.07) is 25.9. The Bertz CT molecular complexity index is 1170. The van der Waals surface area contributed by atoms with E-state index in [0.29, 0.717) is 5.04 Å². The SMILES string of the molecule is O=[N+]([O-])c1ccc(/C(=N\Nc2ccccc2)Sc2cccc3cccnc23)cc1. The van der Waals surface area contributed by atoms with Gasteiger partial charge >= 0.3 is 0 Å². The van der Waals surface area contributed by atoms with Crippen molar-refractivity contribution in [2.45, 2.75) is 4.90 Å². The van der Waals surface area contributed by atoms with Crippen LogP contribution >= 0.6 is 11.8 Å². The number of thioether (sulfide) groups is 1. The Hall–Kier alpha value is -3.71. The van der Waals surface area contributed by atoms with Crippen LogP contribution in [-0.4, -0.2) is 15.0 Å². The molecule has 0 fully saturated rings. The number of nitrogens with one attached hydrogen (secondary N) is 1. The number of benzene rings is 3. The second-order valence-corrected chi connectivity index (χ2v) is 7.16. The van der Waals surface area contributed by atoms with Gasteiger partial charge in [-0.05, 0) is 36.4 Å². The number of non-ortho nitro benzene ring substituents is 1. The third-order valence-corrected chi connectivity index (χ3v) is 5.26. The lowest BCUT2D eigenvalue weighted by atomic mass is 10.2. The van der Waals surface area contributed by atoms with Crippen LogP contribution in [0.1, 0.15) is 5.56 Å². The first kappa shape index (κ1) is 18.6. The lowest BCUT2D eigenvalue weighted by molar-refractivity contribution is -0.384. The van der Waals surface area contributed by atoms with E-state index < -0.39 is 4.92 Å². The van der Waals surface area contributed by atoms with E-state index in [1.54, 1.807) is 18.3 Å². The summed E-state index contributed by atoms with van der Waals surface area (Å²) in [5.74, 6) is 0. The zero-order chi connectivity index (χ0) is 20.1. The van der Waals surface area contributed by atoms with Crippen molar-refractivity contribution in [1.82, 2.24) is 4.98 Å². The molecule has 0 aliphatic rings. The molecule has 0 atom stereocenters. The largest absolute Gasteiger partial charge is 0.277 e. The third kappa shape index (κ3) is 4.41. The number of hydrazone groups is 1. The number of pyridine rings is 1. The summed E-state index contributed by atoms with van der Waals surface area (Å²) < 4.78 is 0. The molecule has 7 heteroatoms. The molecule has 0 saturated carbocycles. The highest BCUT2D eigenvalue weighted by atomic mass is 32.2. The van der Waals surface area contributed by atoms with E-state index in [0.717, 1.165) is 27.0 Å². The maximum Gasteiger partial charge on any atom is 0.269 e. The summed E-state index contributed by atoms with van der Waals surface area (Å²) in [7, 11) is 0. The average molecular weight is 400 g/mol. The molecule has 6 nitrogen and oxygen atoms in total.